The van der Waals surface area contributed by atoms with E-state index in [1.54, 1.807) is 0 Å². The standard InChI is InChI=1S/C11H24N2O/c1-10(2)13-7-4-6-12-9-11-5-3-8-14-11/h10-13H,3-9H2,1-2H3/t11-/m1/s1. The van der Waals surface area contributed by atoms with Gasteiger partial charge in [0.1, 0.15) is 0 Å². The molecule has 0 aromatic heterocycles. The van der Waals surface area contributed by atoms with Crippen molar-refractivity contribution in [1.82, 2.24) is 10.6 Å². The van der Waals surface area contributed by atoms with Gasteiger partial charge in [-0.3, -0.25) is 0 Å². The molecule has 1 rings (SSSR count). The second-order valence-electron chi connectivity index (χ2n) is 4.30. The lowest BCUT2D eigenvalue weighted by Crippen LogP contribution is -2.30. The maximum absolute atomic E-state index is 5.52. The van der Waals surface area contributed by atoms with E-state index in [0.29, 0.717) is 12.1 Å². The third-order valence-electron chi connectivity index (χ3n) is 2.48. The van der Waals surface area contributed by atoms with Gasteiger partial charge in [-0.15, -0.1) is 0 Å². The summed E-state index contributed by atoms with van der Waals surface area (Å²) in [6.45, 7) is 8.55. The summed E-state index contributed by atoms with van der Waals surface area (Å²) < 4.78 is 5.52. The Kier molecular flexibility index (Phi) is 6.15. The van der Waals surface area contributed by atoms with E-state index in [4.69, 9.17) is 4.74 Å². The molecule has 0 amide bonds. The molecule has 0 radical (unpaired) electrons. The lowest BCUT2D eigenvalue weighted by molar-refractivity contribution is 0.110. The Morgan fingerprint density at radius 3 is 2.86 bits per heavy atom. The van der Waals surface area contributed by atoms with Gasteiger partial charge in [-0.05, 0) is 32.4 Å². The molecule has 84 valence electrons. The number of nitrogens with one attached hydrogen (secondary N) is 2. The van der Waals surface area contributed by atoms with Crippen LogP contribution in [-0.4, -0.2) is 38.4 Å². The minimum atomic E-state index is 0.480. The minimum absolute atomic E-state index is 0.480. The third kappa shape index (κ3) is 5.58. The van der Waals surface area contributed by atoms with Gasteiger partial charge in [-0.2, -0.15) is 0 Å². The van der Waals surface area contributed by atoms with Crippen molar-refractivity contribution in [2.45, 2.75) is 45.3 Å². The predicted molar refractivity (Wildman–Crippen MR) is 59.6 cm³/mol. The van der Waals surface area contributed by atoms with E-state index in [1.165, 1.54) is 19.3 Å². The lowest BCUT2D eigenvalue weighted by atomic mass is 10.2. The fourth-order valence-corrected chi connectivity index (χ4v) is 1.67. The van der Waals surface area contributed by atoms with Gasteiger partial charge in [0.25, 0.3) is 0 Å². The van der Waals surface area contributed by atoms with Crippen LogP contribution in [0.2, 0.25) is 0 Å². The molecule has 3 nitrogen and oxygen atoms in total. The van der Waals surface area contributed by atoms with E-state index < -0.39 is 0 Å². The summed E-state index contributed by atoms with van der Waals surface area (Å²) in [5.74, 6) is 0. The third-order valence-corrected chi connectivity index (χ3v) is 2.48. The zero-order valence-electron chi connectivity index (χ0n) is 9.51. The molecule has 0 spiro atoms. The normalized spacial score (nSPS) is 22.1. The van der Waals surface area contributed by atoms with Crippen molar-refractivity contribution < 1.29 is 4.74 Å². The highest BCUT2D eigenvalue weighted by atomic mass is 16.5. The van der Waals surface area contributed by atoms with Gasteiger partial charge in [-0.1, -0.05) is 13.8 Å². The zero-order chi connectivity index (χ0) is 10.2. The molecule has 1 heterocycles. The van der Waals surface area contributed by atoms with Gasteiger partial charge in [0.15, 0.2) is 0 Å². The highest BCUT2D eigenvalue weighted by Gasteiger charge is 2.13. The Morgan fingerprint density at radius 2 is 2.21 bits per heavy atom. The van der Waals surface area contributed by atoms with Gasteiger partial charge in [0.2, 0.25) is 0 Å². The first kappa shape index (κ1) is 12.0. The van der Waals surface area contributed by atoms with E-state index in [2.05, 4.69) is 24.5 Å². The van der Waals surface area contributed by atoms with Gasteiger partial charge < -0.3 is 15.4 Å². The molecule has 14 heavy (non-hydrogen) atoms. The fraction of sp³-hybridized carbons (Fsp3) is 1.00. The predicted octanol–water partition coefficient (Wildman–Crippen LogP) is 1.14. The first-order chi connectivity index (χ1) is 6.79. The highest BCUT2D eigenvalue weighted by Crippen LogP contribution is 2.10. The minimum Gasteiger partial charge on any atom is -0.377 e. The molecular formula is C11H24N2O. The highest BCUT2D eigenvalue weighted by molar-refractivity contribution is 4.67. The monoisotopic (exact) mass is 200 g/mol. The summed E-state index contributed by atoms with van der Waals surface area (Å²) in [4.78, 5) is 0. The van der Waals surface area contributed by atoms with Crippen LogP contribution in [0.25, 0.3) is 0 Å². The molecule has 0 aromatic carbocycles. The lowest BCUT2D eigenvalue weighted by Gasteiger charge is -2.11. The van der Waals surface area contributed by atoms with E-state index >= 15 is 0 Å². The van der Waals surface area contributed by atoms with E-state index in [-0.39, 0.29) is 0 Å². The largest absolute Gasteiger partial charge is 0.377 e. The Hall–Kier alpha value is -0.120. The van der Waals surface area contributed by atoms with E-state index in [9.17, 15) is 0 Å². The van der Waals surface area contributed by atoms with Crippen molar-refractivity contribution in [3.05, 3.63) is 0 Å². The first-order valence-electron chi connectivity index (χ1n) is 5.84. The summed E-state index contributed by atoms with van der Waals surface area (Å²) in [5.41, 5.74) is 0. The van der Waals surface area contributed by atoms with Crippen molar-refractivity contribution in [1.29, 1.82) is 0 Å². The SMILES string of the molecule is CC(C)NCCCNC[C@H]1CCCO1. The molecule has 1 saturated heterocycles. The maximum atomic E-state index is 5.52. The Balaban J connectivity index is 1.79. The van der Waals surface area contributed by atoms with Gasteiger partial charge in [0, 0.05) is 19.2 Å². The van der Waals surface area contributed by atoms with Crippen LogP contribution in [0.15, 0.2) is 0 Å². The smallest absolute Gasteiger partial charge is 0.0700 e. The second-order valence-corrected chi connectivity index (χ2v) is 4.30. The van der Waals surface area contributed by atoms with Crippen LogP contribution in [0, 0.1) is 0 Å². The number of rotatable bonds is 7. The zero-order valence-corrected chi connectivity index (χ0v) is 9.51. The van der Waals surface area contributed by atoms with E-state index in [0.717, 1.165) is 26.2 Å². The number of hydrogen-bond donors (Lipinski definition) is 2. The van der Waals surface area contributed by atoms with Crippen LogP contribution in [0.1, 0.15) is 33.1 Å². The molecule has 1 aliphatic heterocycles. The van der Waals surface area contributed by atoms with Crippen LogP contribution in [0.5, 0.6) is 0 Å². The van der Waals surface area contributed by atoms with Crippen molar-refractivity contribution in [3.8, 4) is 0 Å². The Morgan fingerprint density at radius 1 is 1.36 bits per heavy atom. The molecule has 0 saturated carbocycles. The van der Waals surface area contributed by atoms with Crippen molar-refractivity contribution in [2.75, 3.05) is 26.2 Å². The maximum Gasteiger partial charge on any atom is 0.0700 e. The summed E-state index contributed by atoms with van der Waals surface area (Å²) in [5, 5.41) is 6.84. The molecule has 1 atom stereocenters. The topological polar surface area (TPSA) is 33.3 Å². The molecule has 0 bridgehead atoms. The molecular weight excluding hydrogens is 176 g/mol. The van der Waals surface area contributed by atoms with Gasteiger partial charge in [0.05, 0.1) is 6.10 Å². The summed E-state index contributed by atoms with van der Waals surface area (Å²) in [6.07, 6.45) is 4.15. The molecule has 2 N–H and O–H groups in total. The molecule has 0 aromatic rings. The number of ether oxygens (including phenoxy) is 1. The fourth-order valence-electron chi connectivity index (χ4n) is 1.67. The number of hydrogen-bond acceptors (Lipinski definition) is 3. The van der Waals surface area contributed by atoms with Crippen LogP contribution in [0.3, 0.4) is 0 Å². The van der Waals surface area contributed by atoms with Crippen LogP contribution in [0.4, 0.5) is 0 Å². The van der Waals surface area contributed by atoms with E-state index in [1.807, 2.05) is 0 Å². The summed E-state index contributed by atoms with van der Waals surface area (Å²) in [7, 11) is 0. The first-order valence-corrected chi connectivity index (χ1v) is 5.84. The van der Waals surface area contributed by atoms with Gasteiger partial charge in [-0.25, -0.2) is 0 Å². The molecule has 1 fully saturated rings. The summed E-state index contributed by atoms with van der Waals surface area (Å²) >= 11 is 0. The molecule has 3 heteroatoms. The average Bonchev–Trinajstić information content (AvgIpc) is 2.63. The van der Waals surface area contributed by atoms with Crippen molar-refractivity contribution in [2.24, 2.45) is 0 Å². The van der Waals surface area contributed by atoms with Crippen LogP contribution in [-0.2, 0) is 4.74 Å². The Labute approximate surface area is 87.6 Å². The molecule has 0 aliphatic carbocycles. The second kappa shape index (κ2) is 7.21. The molecule has 1 aliphatic rings. The molecule has 0 unspecified atom stereocenters. The quantitative estimate of drug-likeness (QED) is 0.605. The van der Waals surface area contributed by atoms with Crippen LogP contribution < -0.4 is 10.6 Å². The van der Waals surface area contributed by atoms with Crippen molar-refractivity contribution in [3.63, 3.8) is 0 Å². The van der Waals surface area contributed by atoms with Crippen molar-refractivity contribution >= 4 is 0 Å². The Bertz CT molecular complexity index is 133. The van der Waals surface area contributed by atoms with Gasteiger partial charge >= 0.3 is 0 Å². The van der Waals surface area contributed by atoms with Crippen LogP contribution >= 0.6 is 0 Å². The summed E-state index contributed by atoms with van der Waals surface area (Å²) in [6, 6.07) is 0.605. The average molecular weight is 200 g/mol.